The summed E-state index contributed by atoms with van der Waals surface area (Å²) in [5.41, 5.74) is 5.58. The number of rotatable bonds is 7. The molecule has 0 N–H and O–H groups in total. The maximum Gasteiger partial charge on any atom is 0.168 e. The molecule has 3 aromatic rings. The third-order valence-electron chi connectivity index (χ3n) is 5.80. The molecular weight excluding hydrogens is 414 g/mol. The van der Waals surface area contributed by atoms with Gasteiger partial charge in [-0.25, -0.2) is 0 Å². The standard InChI is InChI=1S/C28H31NO4/c1-20(15-21-9-6-5-7-10-21)18-29-13-14-33-27-23(19-29)16-22(17-26(27)31-3)24-11-8-12-25(30-2)28(24)32-4/h5-12,15-17H,13-14,18-19H2,1-4H3/b20-15+. The highest BCUT2D eigenvalue weighted by Gasteiger charge is 2.22. The first-order chi connectivity index (χ1) is 16.1. The highest BCUT2D eigenvalue weighted by atomic mass is 16.5. The van der Waals surface area contributed by atoms with Gasteiger partial charge >= 0.3 is 0 Å². The Morgan fingerprint density at radius 1 is 0.939 bits per heavy atom. The molecule has 33 heavy (non-hydrogen) atoms. The minimum absolute atomic E-state index is 0.615. The topological polar surface area (TPSA) is 40.2 Å². The van der Waals surface area contributed by atoms with E-state index in [0.29, 0.717) is 18.1 Å². The van der Waals surface area contributed by atoms with Crippen LogP contribution in [0.2, 0.25) is 0 Å². The summed E-state index contributed by atoms with van der Waals surface area (Å²) in [6, 6.07) is 20.5. The Morgan fingerprint density at radius 2 is 1.73 bits per heavy atom. The summed E-state index contributed by atoms with van der Waals surface area (Å²) in [7, 11) is 4.99. The monoisotopic (exact) mass is 445 g/mol. The van der Waals surface area contributed by atoms with E-state index in [2.05, 4.69) is 48.2 Å². The molecule has 0 amide bonds. The lowest BCUT2D eigenvalue weighted by atomic mass is 10.00. The smallest absolute Gasteiger partial charge is 0.168 e. The molecule has 0 bridgehead atoms. The van der Waals surface area contributed by atoms with Gasteiger partial charge < -0.3 is 18.9 Å². The van der Waals surface area contributed by atoms with Crippen LogP contribution < -0.4 is 18.9 Å². The summed E-state index contributed by atoms with van der Waals surface area (Å²) in [6.07, 6.45) is 2.24. The van der Waals surface area contributed by atoms with Crippen molar-refractivity contribution in [3.05, 3.63) is 77.4 Å². The zero-order valence-electron chi connectivity index (χ0n) is 19.8. The number of methoxy groups -OCH3 is 3. The minimum Gasteiger partial charge on any atom is -0.493 e. The normalized spacial score (nSPS) is 14.1. The van der Waals surface area contributed by atoms with Crippen molar-refractivity contribution in [3.8, 4) is 34.1 Å². The second kappa shape index (κ2) is 10.5. The average molecular weight is 446 g/mol. The summed E-state index contributed by atoms with van der Waals surface area (Å²) < 4.78 is 23.1. The van der Waals surface area contributed by atoms with Gasteiger partial charge in [0.1, 0.15) is 6.61 Å². The predicted octanol–water partition coefficient (Wildman–Crippen LogP) is 5.68. The maximum absolute atomic E-state index is 6.15. The van der Waals surface area contributed by atoms with Crippen molar-refractivity contribution in [3.63, 3.8) is 0 Å². The van der Waals surface area contributed by atoms with Crippen LogP contribution in [0, 0.1) is 0 Å². The number of benzene rings is 3. The number of nitrogens with zero attached hydrogens (tertiary/aromatic N) is 1. The lowest BCUT2D eigenvalue weighted by molar-refractivity contribution is 0.235. The molecule has 0 fully saturated rings. The molecule has 0 atom stereocenters. The molecule has 5 nitrogen and oxygen atoms in total. The highest BCUT2D eigenvalue weighted by Crippen LogP contribution is 2.43. The Kier molecular flexibility index (Phi) is 7.20. The Morgan fingerprint density at radius 3 is 2.45 bits per heavy atom. The van der Waals surface area contributed by atoms with Gasteiger partial charge in [-0.2, -0.15) is 0 Å². The summed E-state index contributed by atoms with van der Waals surface area (Å²) in [5.74, 6) is 2.94. The van der Waals surface area contributed by atoms with Crippen LogP contribution in [-0.2, 0) is 6.54 Å². The zero-order valence-corrected chi connectivity index (χ0v) is 19.8. The molecule has 4 rings (SSSR count). The van der Waals surface area contributed by atoms with Gasteiger partial charge in [0.15, 0.2) is 23.0 Å². The summed E-state index contributed by atoms with van der Waals surface area (Å²) >= 11 is 0. The molecule has 0 unspecified atom stereocenters. The third-order valence-corrected chi connectivity index (χ3v) is 5.80. The molecule has 0 saturated heterocycles. The molecule has 5 heteroatoms. The Bertz CT molecular complexity index is 1120. The Balaban J connectivity index is 1.66. The second-order valence-electron chi connectivity index (χ2n) is 8.17. The van der Waals surface area contributed by atoms with E-state index >= 15 is 0 Å². The molecule has 1 aliphatic rings. The second-order valence-corrected chi connectivity index (χ2v) is 8.17. The van der Waals surface area contributed by atoms with Gasteiger partial charge in [-0.15, -0.1) is 0 Å². The van der Waals surface area contributed by atoms with Crippen molar-refractivity contribution in [2.45, 2.75) is 13.5 Å². The number of hydrogen-bond acceptors (Lipinski definition) is 5. The molecule has 0 aromatic heterocycles. The van der Waals surface area contributed by atoms with E-state index < -0.39 is 0 Å². The molecule has 1 aliphatic heterocycles. The number of hydrogen-bond donors (Lipinski definition) is 0. The molecule has 1 heterocycles. The van der Waals surface area contributed by atoms with Gasteiger partial charge in [0.05, 0.1) is 21.3 Å². The van der Waals surface area contributed by atoms with Gasteiger partial charge in [0.25, 0.3) is 0 Å². The van der Waals surface area contributed by atoms with Crippen LogP contribution in [0.3, 0.4) is 0 Å². The van der Waals surface area contributed by atoms with Crippen molar-refractivity contribution in [1.82, 2.24) is 4.90 Å². The van der Waals surface area contributed by atoms with E-state index in [1.165, 1.54) is 11.1 Å². The first kappa shape index (κ1) is 22.7. The molecule has 172 valence electrons. The van der Waals surface area contributed by atoms with Crippen LogP contribution >= 0.6 is 0 Å². The van der Waals surface area contributed by atoms with Gasteiger partial charge in [0.2, 0.25) is 0 Å². The SMILES string of the molecule is COc1cc(-c2cccc(OC)c2OC)cc2c1OCCN(C/C(C)=C/c1ccccc1)C2. The third kappa shape index (κ3) is 5.15. The molecule has 0 saturated carbocycles. The molecule has 3 aromatic carbocycles. The highest BCUT2D eigenvalue weighted by molar-refractivity contribution is 5.77. The van der Waals surface area contributed by atoms with Crippen LogP contribution in [0.4, 0.5) is 0 Å². The maximum atomic E-state index is 6.15. The largest absolute Gasteiger partial charge is 0.493 e. The van der Waals surface area contributed by atoms with Crippen LogP contribution in [-0.4, -0.2) is 45.9 Å². The van der Waals surface area contributed by atoms with Crippen molar-refractivity contribution in [1.29, 1.82) is 0 Å². The van der Waals surface area contributed by atoms with E-state index in [1.807, 2.05) is 30.3 Å². The molecule has 0 aliphatic carbocycles. The molecule has 0 radical (unpaired) electrons. The first-order valence-electron chi connectivity index (χ1n) is 11.1. The van der Waals surface area contributed by atoms with Gasteiger partial charge in [0, 0.05) is 30.8 Å². The minimum atomic E-state index is 0.615. The Hall–Kier alpha value is -3.44. The Labute approximate surface area is 196 Å². The summed E-state index contributed by atoms with van der Waals surface area (Å²) in [6.45, 7) is 5.27. The van der Waals surface area contributed by atoms with Crippen molar-refractivity contribution < 1.29 is 18.9 Å². The first-order valence-corrected chi connectivity index (χ1v) is 11.1. The van der Waals surface area contributed by atoms with Gasteiger partial charge in [-0.05, 0) is 36.2 Å². The number of ether oxygens (including phenoxy) is 4. The lowest BCUT2D eigenvalue weighted by Crippen LogP contribution is -2.27. The van der Waals surface area contributed by atoms with E-state index in [9.17, 15) is 0 Å². The fourth-order valence-corrected chi connectivity index (χ4v) is 4.33. The fraction of sp³-hybridized carbons (Fsp3) is 0.286. The lowest BCUT2D eigenvalue weighted by Gasteiger charge is -2.20. The number of para-hydroxylation sites is 1. The van der Waals surface area contributed by atoms with Crippen molar-refractivity contribution in [2.75, 3.05) is 41.0 Å². The van der Waals surface area contributed by atoms with Crippen LogP contribution in [0.25, 0.3) is 17.2 Å². The predicted molar refractivity (Wildman–Crippen MR) is 132 cm³/mol. The fourth-order valence-electron chi connectivity index (χ4n) is 4.33. The van der Waals surface area contributed by atoms with Gasteiger partial charge in [-0.3, -0.25) is 4.90 Å². The van der Waals surface area contributed by atoms with E-state index in [1.54, 1.807) is 21.3 Å². The molecule has 0 spiro atoms. The van der Waals surface area contributed by atoms with Crippen LogP contribution in [0.1, 0.15) is 18.1 Å². The van der Waals surface area contributed by atoms with Crippen molar-refractivity contribution >= 4 is 6.08 Å². The molecular formula is C28H31NO4. The van der Waals surface area contributed by atoms with Crippen molar-refractivity contribution in [2.24, 2.45) is 0 Å². The van der Waals surface area contributed by atoms with Crippen LogP contribution in [0.15, 0.2) is 66.2 Å². The average Bonchev–Trinajstić information content (AvgIpc) is 3.04. The van der Waals surface area contributed by atoms with E-state index in [0.717, 1.165) is 47.8 Å². The van der Waals surface area contributed by atoms with E-state index in [4.69, 9.17) is 18.9 Å². The number of fused-ring (bicyclic) bond motifs is 1. The van der Waals surface area contributed by atoms with Crippen LogP contribution in [0.5, 0.6) is 23.0 Å². The van der Waals surface area contributed by atoms with E-state index in [-0.39, 0.29) is 0 Å². The zero-order chi connectivity index (χ0) is 23.2. The van der Waals surface area contributed by atoms with Gasteiger partial charge in [-0.1, -0.05) is 54.1 Å². The summed E-state index contributed by atoms with van der Waals surface area (Å²) in [4.78, 5) is 2.41. The summed E-state index contributed by atoms with van der Waals surface area (Å²) in [5, 5.41) is 0. The quantitative estimate of drug-likeness (QED) is 0.468.